The molecule has 0 saturated heterocycles. The van der Waals surface area contributed by atoms with Crippen LogP contribution in [0.1, 0.15) is 28.5 Å². The summed E-state index contributed by atoms with van der Waals surface area (Å²) in [5, 5.41) is 6.03. The summed E-state index contributed by atoms with van der Waals surface area (Å²) in [6.45, 7) is 2.60. The van der Waals surface area contributed by atoms with Gasteiger partial charge in [-0.1, -0.05) is 31.2 Å². The van der Waals surface area contributed by atoms with E-state index in [4.69, 9.17) is 0 Å². The highest BCUT2D eigenvalue weighted by Crippen LogP contribution is 2.24. The molecule has 0 spiro atoms. The number of benzene rings is 1. The Labute approximate surface area is 139 Å². The van der Waals surface area contributed by atoms with Crippen molar-refractivity contribution in [2.45, 2.75) is 19.9 Å². The molecule has 1 aromatic carbocycles. The first kappa shape index (κ1) is 15.4. The maximum absolute atomic E-state index is 12.0. The predicted molar refractivity (Wildman–Crippen MR) is 92.3 cm³/mol. The minimum atomic E-state index is -0.116. The summed E-state index contributed by atoms with van der Waals surface area (Å²) in [6.07, 6.45) is 4.17. The molecule has 116 valence electrons. The molecule has 1 amide bonds. The number of carbonyl (C=O) groups excluding carboxylic acids is 1. The van der Waals surface area contributed by atoms with E-state index in [9.17, 15) is 4.79 Å². The van der Waals surface area contributed by atoms with Crippen LogP contribution in [-0.2, 0) is 13.0 Å². The lowest BCUT2D eigenvalue weighted by Gasteiger charge is -2.06. The van der Waals surface area contributed by atoms with Crippen molar-refractivity contribution in [1.82, 2.24) is 15.3 Å². The van der Waals surface area contributed by atoms with E-state index in [0.717, 1.165) is 28.2 Å². The molecule has 0 saturated carbocycles. The summed E-state index contributed by atoms with van der Waals surface area (Å²) in [5.74, 6) is -0.116. The van der Waals surface area contributed by atoms with Crippen LogP contribution >= 0.6 is 11.3 Å². The highest BCUT2D eigenvalue weighted by atomic mass is 32.1. The molecule has 0 unspecified atom stereocenters. The molecule has 2 aromatic heterocycles. The molecule has 3 rings (SSSR count). The van der Waals surface area contributed by atoms with Crippen LogP contribution in [0.5, 0.6) is 0 Å². The van der Waals surface area contributed by atoms with Crippen LogP contribution in [0.15, 0.2) is 54.2 Å². The largest absolute Gasteiger partial charge is 0.348 e. The Kier molecular flexibility index (Phi) is 4.78. The lowest BCUT2D eigenvalue weighted by molar-refractivity contribution is 0.0950. The van der Waals surface area contributed by atoms with Gasteiger partial charge in [-0.3, -0.25) is 9.78 Å². The molecular formula is C18H17N3OS. The van der Waals surface area contributed by atoms with Crippen molar-refractivity contribution in [2.75, 3.05) is 0 Å². The van der Waals surface area contributed by atoms with Gasteiger partial charge in [-0.05, 0) is 24.1 Å². The zero-order valence-electron chi connectivity index (χ0n) is 12.8. The van der Waals surface area contributed by atoms with Gasteiger partial charge < -0.3 is 5.32 Å². The zero-order chi connectivity index (χ0) is 16.1. The van der Waals surface area contributed by atoms with Crippen molar-refractivity contribution in [3.63, 3.8) is 0 Å². The van der Waals surface area contributed by atoms with Gasteiger partial charge in [0.25, 0.3) is 5.91 Å². The highest BCUT2D eigenvalue weighted by molar-refractivity contribution is 7.13. The van der Waals surface area contributed by atoms with Gasteiger partial charge in [0.15, 0.2) is 0 Å². The average molecular weight is 323 g/mol. The molecule has 23 heavy (non-hydrogen) atoms. The first-order valence-electron chi connectivity index (χ1n) is 7.48. The second-order valence-corrected chi connectivity index (χ2v) is 5.98. The second-order valence-electron chi connectivity index (χ2n) is 5.12. The van der Waals surface area contributed by atoms with E-state index in [1.165, 1.54) is 0 Å². The first-order valence-corrected chi connectivity index (χ1v) is 8.36. The Hall–Kier alpha value is -2.53. The van der Waals surface area contributed by atoms with Crippen molar-refractivity contribution in [1.29, 1.82) is 0 Å². The molecule has 4 nitrogen and oxygen atoms in total. The highest BCUT2D eigenvalue weighted by Gasteiger charge is 2.06. The average Bonchev–Trinajstić information content (AvgIpc) is 3.10. The van der Waals surface area contributed by atoms with Gasteiger partial charge in [-0.15, -0.1) is 11.3 Å². The molecule has 1 N–H and O–H groups in total. The van der Waals surface area contributed by atoms with Crippen molar-refractivity contribution in [3.05, 3.63) is 71.0 Å². The fourth-order valence-electron chi connectivity index (χ4n) is 2.15. The summed E-state index contributed by atoms with van der Waals surface area (Å²) in [5.41, 5.74) is 3.85. The number of hydrogen-bond acceptors (Lipinski definition) is 4. The van der Waals surface area contributed by atoms with E-state index in [1.54, 1.807) is 35.9 Å². The maximum Gasteiger partial charge on any atom is 0.253 e. The first-order chi connectivity index (χ1) is 11.3. The van der Waals surface area contributed by atoms with Crippen LogP contribution in [0.3, 0.4) is 0 Å². The van der Waals surface area contributed by atoms with Crippen molar-refractivity contribution >= 4 is 17.2 Å². The molecule has 3 aromatic rings. The van der Waals surface area contributed by atoms with Crippen molar-refractivity contribution in [3.8, 4) is 10.6 Å². The number of nitrogens with one attached hydrogen (secondary N) is 1. The van der Waals surface area contributed by atoms with Crippen LogP contribution < -0.4 is 5.32 Å². The van der Waals surface area contributed by atoms with E-state index in [0.29, 0.717) is 12.1 Å². The Balaban J connectivity index is 1.62. The number of hydrogen-bond donors (Lipinski definition) is 1. The summed E-state index contributed by atoms with van der Waals surface area (Å²) < 4.78 is 0. The smallest absolute Gasteiger partial charge is 0.253 e. The lowest BCUT2D eigenvalue weighted by atomic mass is 10.1. The quantitative estimate of drug-likeness (QED) is 0.779. The lowest BCUT2D eigenvalue weighted by Crippen LogP contribution is -2.22. The third kappa shape index (κ3) is 3.81. The Bertz CT molecular complexity index is 782. The number of amides is 1. The van der Waals surface area contributed by atoms with Crippen LogP contribution in [0.2, 0.25) is 0 Å². The second kappa shape index (κ2) is 7.15. The zero-order valence-corrected chi connectivity index (χ0v) is 13.6. The van der Waals surface area contributed by atoms with Gasteiger partial charge in [0.05, 0.1) is 11.3 Å². The van der Waals surface area contributed by atoms with Crippen molar-refractivity contribution < 1.29 is 4.79 Å². The summed E-state index contributed by atoms with van der Waals surface area (Å²) >= 11 is 1.66. The van der Waals surface area contributed by atoms with Crippen LogP contribution in [0, 0.1) is 0 Å². The Morgan fingerprint density at radius 1 is 1.22 bits per heavy atom. The molecule has 0 radical (unpaired) electrons. The number of thiazole rings is 1. The van der Waals surface area contributed by atoms with E-state index in [1.807, 2.05) is 24.3 Å². The molecular weight excluding hydrogens is 306 g/mol. The minimum absolute atomic E-state index is 0.116. The number of nitrogens with zero attached hydrogens (tertiary/aromatic N) is 2. The summed E-state index contributed by atoms with van der Waals surface area (Å²) in [6, 6.07) is 11.6. The molecule has 2 heterocycles. The molecule has 0 aliphatic rings. The Morgan fingerprint density at radius 3 is 2.70 bits per heavy atom. The number of carbonyl (C=O) groups is 1. The minimum Gasteiger partial charge on any atom is -0.348 e. The van der Waals surface area contributed by atoms with E-state index >= 15 is 0 Å². The topological polar surface area (TPSA) is 54.9 Å². The molecule has 0 atom stereocenters. The van der Waals surface area contributed by atoms with Gasteiger partial charge in [0.1, 0.15) is 5.01 Å². The van der Waals surface area contributed by atoms with Crippen LogP contribution in [-0.4, -0.2) is 15.9 Å². The monoisotopic (exact) mass is 323 g/mol. The van der Waals surface area contributed by atoms with Gasteiger partial charge in [-0.2, -0.15) is 0 Å². The summed E-state index contributed by atoms with van der Waals surface area (Å²) in [7, 11) is 0. The van der Waals surface area contributed by atoms with Gasteiger partial charge in [0, 0.05) is 29.9 Å². The third-order valence-corrected chi connectivity index (χ3v) is 4.43. The van der Waals surface area contributed by atoms with Crippen LogP contribution in [0.4, 0.5) is 0 Å². The van der Waals surface area contributed by atoms with Gasteiger partial charge >= 0.3 is 0 Å². The fraction of sp³-hybridized carbons (Fsp3) is 0.167. The number of aromatic nitrogens is 2. The standard InChI is InChI=1S/C18H17N3OS/c1-2-16-12-23-18(21-16)14-7-5-13(6-8-14)10-20-17(22)15-4-3-9-19-11-15/h3-9,11-12H,2,10H2,1H3,(H,20,22). The van der Waals surface area contributed by atoms with Crippen LogP contribution in [0.25, 0.3) is 10.6 Å². The van der Waals surface area contributed by atoms with Gasteiger partial charge in [0.2, 0.25) is 0 Å². The SMILES string of the molecule is CCc1csc(-c2ccc(CNC(=O)c3cccnc3)cc2)n1. The summed E-state index contributed by atoms with van der Waals surface area (Å²) in [4.78, 5) is 20.5. The molecule has 0 bridgehead atoms. The van der Waals surface area contributed by atoms with Gasteiger partial charge in [-0.25, -0.2) is 4.98 Å². The number of aryl methyl sites for hydroxylation is 1. The normalized spacial score (nSPS) is 10.5. The van der Waals surface area contributed by atoms with E-state index in [-0.39, 0.29) is 5.91 Å². The maximum atomic E-state index is 12.0. The molecule has 0 aliphatic carbocycles. The fourth-order valence-corrected chi connectivity index (χ4v) is 3.06. The molecule has 0 aliphatic heterocycles. The number of rotatable bonds is 5. The van der Waals surface area contributed by atoms with E-state index < -0.39 is 0 Å². The Morgan fingerprint density at radius 2 is 2.04 bits per heavy atom. The molecule has 5 heteroatoms. The third-order valence-electron chi connectivity index (χ3n) is 3.49. The predicted octanol–water partition coefficient (Wildman–Crippen LogP) is 3.70. The van der Waals surface area contributed by atoms with Crippen molar-refractivity contribution in [2.24, 2.45) is 0 Å². The molecule has 0 fully saturated rings. The van der Waals surface area contributed by atoms with E-state index in [2.05, 4.69) is 27.6 Å². The number of pyridine rings is 1.